The van der Waals surface area contributed by atoms with Gasteiger partial charge in [0.05, 0.1) is 11.2 Å². The Bertz CT molecular complexity index is 361. The number of nitrogens with zero attached hydrogens (tertiary/aromatic N) is 2. The summed E-state index contributed by atoms with van der Waals surface area (Å²) in [6.07, 6.45) is 1.68. The molecule has 0 spiro atoms. The molecule has 0 radical (unpaired) electrons. The van der Waals surface area contributed by atoms with Gasteiger partial charge in [-0.2, -0.15) is 5.10 Å². The van der Waals surface area contributed by atoms with Crippen LogP contribution in [0.4, 0.5) is 0 Å². The molecule has 1 heterocycles. The minimum Gasteiger partial charge on any atom is -0.422 e. The van der Waals surface area contributed by atoms with Crippen molar-refractivity contribution in [2.45, 2.75) is 53.2 Å². The fourth-order valence-electron chi connectivity index (χ4n) is 1.44. The van der Waals surface area contributed by atoms with Crippen LogP contribution < -0.4 is 5.59 Å². The quantitative estimate of drug-likeness (QED) is 0.792. The Morgan fingerprint density at radius 1 is 1.35 bits per heavy atom. The van der Waals surface area contributed by atoms with Crippen molar-refractivity contribution in [3.63, 3.8) is 0 Å². The van der Waals surface area contributed by atoms with Gasteiger partial charge in [0.15, 0.2) is 0 Å². The molecule has 0 aromatic carbocycles. The van der Waals surface area contributed by atoms with E-state index >= 15 is 0 Å². The molecule has 0 unspecified atom stereocenters. The summed E-state index contributed by atoms with van der Waals surface area (Å²) in [5, 5.41) is 14.3. The van der Waals surface area contributed by atoms with E-state index in [-0.39, 0.29) is 11.6 Å². The van der Waals surface area contributed by atoms with Crippen molar-refractivity contribution in [2.24, 2.45) is 5.92 Å². The SMILES string of the molecule is CC(C)n1nccc1B(O)OC(C)(C)C(C)C. The molecule has 0 aliphatic heterocycles. The van der Waals surface area contributed by atoms with E-state index in [2.05, 4.69) is 18.9 Å². The summed E-state index contributed by atoms with van der Waals surface area (Å²) in [7, 11) is -0.933. The summed E-state index contributed by atoms with van der Waals surface area (Å²) in [4.78, 5) is 0. The second kappa shape index (κ2) is 5.23. The normalized spacial score (nSPS) is 12.5. The van der Waals surface area contributed by atoms with Crippen LogP contribution in [-0.2, 0) is 4.65 Å². The Labute approximate surface area is 104 Å². The third-order valence-corrected chi connectivity index (χ3v) is 3.25. The van der Waals surface area contributed by atoms with E-state index in [0.29, 0.717) is 11.5 Å². The second-order valence-electron chi connectivity index (χ2n) is 5.52. The highest BCUT2D eigenvalue weighted by molar-refractivity contribution is 6.59. The lowest BCUT2D eigenvalue weighted by molar-refractivity contribution is 0.0417. The summed E-state index contributed by atoms with van der Waals surface area (Å²) in [5.41, 5.74) is 0.333. The molecule has 0 bridgehead atoms. The average Bonchev–Trinajstić information content (AvgIpc) is 2.64. The predicted molar refractivity (Wildman–Crippen MR) is 70.2 cm³/mol. The van der Waals surface area contributed by atoms with Crippen LogP contribution in [0.25, 0.3) is 0 Å². The van der Waals surface area contributed by atoms with Crippen molar-refractivity contribution < 1.29 is 9.68 Å². The molecule has 1 aromatic heterocycles. The van der Waals surface area contributed by atoms with E-state index in [1.165, 1.54) is 0 Å². The third kappa shape index (κ3) is 3.33. The van der Waals surface area contributed by atoms with Gasteiger partial charge < -0.3 is 9.68 Å². The van der Waals surface area contributed by atoms with Crippen molar-refractivity contribution in [1.29, 1.82) is 0 Å². The number of hydrogen-bond donors (Lipinski definition) is 1. The van der Waals surface area contributed by atoms with Gasteiger partial charge in [-0.15, -0.1) is 0 Å². The first-order chi connectivity index (χ1) is 7.75. The van der Waals surface area contributed by atoms with Gasteiger partial charge in [-0.3, -0.25) is 4.68 Å². The van der Waals surface area contributed by atoms with Crippen LogP contribution in [0.15, 0.2) is 12.3 Å². The summed E-state index contributed by atoms with van der Waals surface area (Å²) in [5.74, 6) is 0.326. The number of aromatic nitrogens is 2. The highest BCUT2D eigenvalue weighted by atomic mass is 16.5. The van der Waals surface area contributed by atoms with Gasteiger partial charge >= 0.3 is 7.12 Å². The van der Waals surface area contributed by atoms with Gasteiger partial charge in [0.1, 0.15) is 0 Å². The van der Waals surface area contributed by atoms with Crippen molar-refractivity contribution >= 4 is 12.7 Å². The monoisotopic (exact) mass is 238 g/mol. The molecule has 0 amide bonds. The fourth-order valence-corrected chi connectivity index (χ4v) is 1.44. The maximum absolute atomic E-state index is 10.1. The van der Waals surface area contributed by atoms with Gasteiger partial charge in [0, 0.05) is 12.2 Å². The van der Waals surface area contributed by atoms with E-state index in [1.54, 1.807) is 16.9 Å². The summed E-state index contributed by atoms with van der Waals surface area (Å²) < 4.78 is 7.51. The zero-order valence-corrected chi connectivity index (χ0v) is 11.6. The molecule has 0 saturated carbocycles. The largest absolute Gasteiger partial charge is 0.510 e. The standard InChI is InChI=1S/C12H23BN2O2/c1-9(2)12(5,6)17-13(16)11-7-8-14-15(11)10(3)4/h7-10,16H,1-6H3. The Morgan fingerprint density at radius 3 is 2.41 bits per heavy atom. The van der Waals surface area contributed by atoms with Gasteiger partial charge in [0.25, 0.3) is 0 Å². The zero-order valence-electron chi connectivity index (χ0n) is 11.6. The highest BCUT2D eigenvalue weighted by Crippen LogP contribution is 2.20. The Balaban J connectivity index is 2.83. The van der Waals surface area contributed by atoms with Gasteiger partial charge in [-0.05, 0) is 39.7 Å². The van der Waals surface area contributed by atoms with E-state index in [4.69, 9.17) is 4.65 Å². The molecule has 17 heavy (non-hydrogen) atoms. The van der Waals surface area contributed by atoms with Gasteiger partial charge in [-0.25, -0.2) is 0 Å². The van der Waals surface area contributed by atoms with Crippen molar-refractivity contribution in [2.75, 3.05) is 0 Å². The highest BCUT2D eigenvalue weighted by Gasteiger charge is 2.32. The van der Waals surface area contributed by atoms with Crippen molar-refractivity contribution in [3.05, 3.63) is 12.3 Å². The summed E-state index contributed by atoms with van der Waals surface area (Å²) in [6, 6.07) is 2.00. The van der Waals surface area contributed by atoms with Crippen LogP contribution in [0, 0.1) is 5.92 Å². The molecule has 4 nitrogen and oxygen atoms in total. The van der Waals surface area contributed by atoms with Crippen LogP contribution in [0.5, 0.6) is 0 Å². The molecule has 5 heteroatoms. The van der Waals surface area contributed by atoms with Gasteiger partial charge in [0.2, 0.25) is 0 Å². The Hall–Kier alpha value is -0.805. The minimum absolute atomic E-state index is 0.209. The molecular weight excluding hydrogens is 215 g/mol. The molecule has 96 valence electrons. The van der Waals surface area contributed by atoms with Crippen molar-refractivity contribution in [3.8, 4) is 0 Å². The van der Waals surface area contributed by atoms with Crippen molar-refractivity contribution in [1.82, 2.24) is 9.78 Å². The first-order valence-corrected chi connectivity index (χ1v) is 6.15. The smallest absolute Gasteiger partial charge is 0.422 e. The minimum atomic E-state index is -0.933. The zero-order chi connectivity index (χ0) is 13.2. The molecule has 0 fully saturated rings. The lowest BCUT2D eigenvalue weighted by Crippen LogP contribution is -2.47. The molecule has 1 N–H and O–H groups in total. The molecule has 1 aromatic rings. The number of hydrogen-bond acceptors (Lipinski definition) is 3. The van der Waals surface area contributed by atoms with Crippen LogP contribution in [0.1, 0.15) is 47.6 Å². The summed E-state index contributed by atoms with van der Waals surface area (Å²) in [6.45, 7) is 12.2. The topological polar surface area (TPSA) is 47.3 Å². The van der Waals surface area contributed by atoms with E-state index in [1.807, 2.05) is 27.7 Å². The first-order valence-electron chi connectivity index (χ1n) is 6.15. The lowest BCUT2D eigenvalue weighted by atomic mass is 9.81. The molecular formula is C12H23BN2O2. The lowest BCUT2D eigenvalue weighted by Gasteiger charge is -2.31. The Kier molecular flexibility index (Phi) is 4.39. The number of rotatable bonds is 5. The molecule has 0 saturated heterocycles. The third-order valence-electron chi connectivity index (χ3n) is 3.25. The van der Waals surface area contributed by atoms with Crippen LogP contribution in [0.2, 0.25) is 0 Å². The maximum atomic E-state index is 10.1. The average molecular weight is 238 g/mol. The van der Waals surface area contributed by atoms with E-state index in [9.17, 15) is 5.02 Å². The molecule has 0 aliphatic carbocycles. The van der Waals surface area contributed by atoms with E-state index < -0.39 is 7.12 Å². The fraction of sp³-hybridized carbons (Fsp3) is 0.750. The first kappa shape index (κ1) is 14.3. The Morgan fingerprint density at radius 2 is 1.94 bits per heavy atom. The van der Waals surface area contributed by atoms with Crippen LogP contribution in [0.3, 0.4) is 0 Å². The molecule has 1 rings (SSSR count). The second-order valence-corrected chi connectivity index (χ2v) is 5.52. The molecule has 0 atom stereocenters. The van der Waals surface area contributed by atoms with Crippen LogP contribution in [-0.4, -0.2) is 27.5 Å². The van der Waals surface area contributed by atoms with Crippen LogP contribution >= 0.6 is 0 Å². The maximum Gasteiger partial charge on any atom is 0.510 e. The predicted octanol–water partition coefficient (Wildman–Crippen LogP) is 1.60. The summed E-state index contributed by atoms with van der Waals surface area (Å²) >= 11 is 0. The van der Waals surface area contributed by atoms with Gasteiger partial charge in [-0.1, -0.05) is 13.8 Å². The van der Waals surface area contributed by atoms with E-state index in [0.717, 1.165) is 0 Å². The molecule has 0 aliphatic rings.